The summed E-state index contributed by atoms with van der Waals surface area (Å²) in [6, 6.07) is 12.4. The van der Waals surface area contributed by atoms with Gasteiger partial charge >= 0.3 is 11.8 Å². The van der Waals surface area contributed by atoms with Crippen molar-refractivity contribution in [3.05, 3.63) is 92.0 Å². The van der Waals surface area contributed by atoms with E-state index in [-0.39, 0.29) is 58.2 Å². The van der Waals surface area contributed by atoms with Gasteiger partial charge in [0.1, 0.15) is 13.1 Å². The number of amides is 2. The van der Waals surface area contributed by atoms with Gasteiger partial charge in [0.05, 0.1) is 61.3 Å². The quantitative estimate of drug-likeness (QED) is 0.160. The van der Waals surface area contributed by atoms with E-state index in [0.29, 0.717) is 11.1 Å². The minimum atomic E-state index is -0.498. The lowest BCUT2D eigenvalue weighted by Crippen LogP contribution is -3.00. The highest BCUT2D eigenvalue weighted by Gasteiger charge is 2.31. The van der Waals surface area contributed by atoms with E-state index >= 15 is 0 Å². The van der Waals surface area contributed by atoms with Crippen LogP contribution in [0.4, 0.5) is 11.4 Å². The predicted molar refractivity (Wildman–Crippen MR) is 117 cm³/mol. The second-order valence-corrected chi connectivity index (χ2v) is 8.47. The molecule has 12 heteroatoms. The van der Waals surface area contributed by atoms with Crippen LogP contribution in [0.25, 0.3) is 0 Å². The average Bonchev–Trinajstić information content (AvgIpc) is 2.71. The number of quaternary nitrogens is 2. The van der Waals surface area contributed by atoms with Crippen molar-refractivity contribution in [3.8, 4) is 0 Å². The molecule has 0 saturated heterocycles. The van der Waals surface area contributed by atoms with E-state index < -0.39 is 21.7 Å². The summed E-state index contributed by atoms with van der Waals surface area (Å²) in [5, 5.41) is 22.5. The molecule has 184 valence electrons. The fourth-order valence-electron chi connectivity index (χ4n) is 3.20. The number of nitro groups is 2. The van der Waals surface area contributed by atoms with Gasteiger partial charge in [-0.05, 0) is 12.1 Å². The van der Waals surface area contributed by atoms with Crippen LogP contribution in [0.2, 0.25) is 0 Å². The number of hydrogen-bond donors (Lipinski definition) is 0. The molecule has 0 aliphatic rings. The first-order chi connectivity index (χ1) is 14.8. The Bertz CT molecular complexity index is 1020. The SMILES string of the molecule is C[N+](C)(Cc1ccccc1[N+](=O)[O-])C(=O)/C=C/C(=O)[N+](C)(C)Cc1ccccc1[N+](=O)[O-].[Cl-].[Cl-]. The monoisotopic (exact) mass is 512 g/mol. The molecule has 0 aliphatic carbocycles. The summed E-state index contributed by atoms with van der Waals surface area (Å²) >= 11 is 0. The third-order valence-electron chi connectivity index (χ3n) is 5.07. The first-order valence-corrected chi connectivity index (χ1v) is 9.73. The van der Waals surface area contributed by atoms with Gasteiger partial charge in [-0.3, -0.25) is 29.2 Å². The van der Waals surface area contributed by atoms with Crippen LogP contribution in [-0.4, -0.2) is 58.8 Å². The van der Waals surface area contributed by atoms with Gasteiger partial charge in [0.25, 0.3) is 11.4 Å². The van der Waals surface area contributed by atoms with Crippen molar-refractivity contribution < 1.29 is 53.2 Å². The van der Waals surface area contributed by atoms with Crippen LogP contribution in [0, 0.1) is 20.2 Å². The molecule has 0 aromatic heterocycles. The number of halogens is 2. The zero-order chi connectivity index (χ0) is 24.1. The Balaban J connectivity index is 0.00000544. The number of carbonyl (C=O) groups excluding carboxylic acids is 2. The second-order valence-electron chi connectivity index (χ2n) is 8.47. The molecule has 0 radical (unpaired) electrons. The Labute approximate surface area is 209 Å². The van der Waals surface area contributed by atoms with Gasteiger partial charge in [0.15, 0.2) is 0 Å². The van der Waals surface area contributed by atoms with Crippen molar-refractivity contribution in [2.24, 2.45) is 0 Å². The molecule has 0 spiro atoms. The van der Waals surface area contributed by atoms with Crippen LogP contribution < -0.4 is 24.8 Å². The van der Waals surface area contributed by atoms with E-state index in [0.717, 1.165) is 12.2 Å². The molecule has 0 saturated carbocycles. The van der Waals surface area contributed by atoms with Crippen molar-refractivity contribution >= 4 is 23.2 Å². The maximum absolute atomic E-state index is 12.8. The predicted octanol–water partition coefficient (Wildman–Crippen LogP) is -3.03. The molecule has 2 aromatic rings. The molecule has 2 aromatic carbocycles. The summed E-state index contributed by atoms with van der Waals surface area (Å²) in [6.45, 7) is 0.145. The molecule has 0 N–H and O–H groups in total. The summed E-state index contributed by atoms with van der Waals surface area (Å²) in [7, 11) is 6.39. The van der Waals surface area contributed by atoms with E-state index in [1.54, 1.807) is 64.6 Å². The fraction of sp³-hybridized carbons (Fsp3) is 0.273. The van der Waals surface area contributed by atoms with Crippen LogP contribution >= 0.6 is 0 Å². The minimum absolute atomic E-state index is 0. The largest absolute Gasteiger partial charge is 1.00 e. The number of benzene rings is 2. The summed E-state index contributed by atoms with van der Waals surface area (Å²) in [5.74, 6) is -0.829. The Morgan fingerprint density at radius 1 is 0.706 bits per heavy atom. The molecule has 0 unspecified atom stereocenters. The molecule has 0 atom stereocenters. The Hall–Kier alpha value is -3.18. The highest BCUT2D eigenvalue weighted by atomic mass is 35.5. The van der Waals surface area contributed by atoms with Crippen LogP contribution in [0.5, 0.6) is 0 Å². The molecule has 34 heavy (non-hydrogen) atoms. The van der Waals surface area contributed by atoms with E-state index in [2.05, 4.69) is 0 Å². The van der Waals surface area contributed by atoms with Crippen LogP contribution in [-0.2, 0) is 22.7 Å². The molecule has 0 heterocycles. The maximum Gasteiger partial charge on any atom is 0.338 e. The lowest BCUT2D eigenvalue weighted by Gasteiger charge is -2.26. The van der Waals surface area contributed by atoms with Gasteiger partial charge in [-0.2, -0.15) is 0 Å². The summed E-state index contributed by atoms with van der Waals surface area (Å²) in [5.41, 5.74) is 0.661. The number of rotatable bonds is 8. The Morgan fingerprint density at radius 2 is 1.00 bits per heavy atom. The van der Waals surface area contributed by atoms with Gasteiger partial charge < -0.3 is 24.8 Å². The van der Waals surface area contributed by atoms with Gasteiger partial charge in [0.2, 0.25) is 0 Å². The third kappa shape index (κ3) is 7.70. The van der Waals surface area contributed by atoms with E-state index in [9.17, 15) is 29.8 Å². The number of para-hydroxylation sites is 2. The molecular weight excluding hydrogens is 487 g/mol. The summed E-state index contributed by atoms with van der Waals surface area (Å²) < 4.78 is -0.460. The van der Waals surface area contributed by atoms with Gasteiger partial charge in [-0.15, -0.1) is 0 Å². The van der Waals surface area contributed by atoms with Crippen molar-refractivity contribution in [3.63, 3.8) is 0 Å². The highest BCUT2D eigenvalue weighted by molar-refractivity contribution is 5.91. The lowest BCUT2D eigenvalue weighted by molar-refractivity contribution is -0.826. The van der Waals surface area contributed by atoms with Crippen LogP contribution in [0.3, 0.4) is 0 Å². The van der Waals surface area contributed by atoms with Gasteiger partial charge in [-0.1, -0.05) is 24.3 Å². The first-order valence-electron chi connectivity index (χ1n) is 9.73. The number of nitro benzene ring substituents is 2. The zero-order valence-electron chi connectivity index (χ0n) is 19.2. The van der Waals surface area contributed by atoms with Crippen LogP contribution in [0.15, 0.2) is 60.7 Å². The topological polar surface area (TPSA) is 120 Å². The number of nitrogens with zero attached hydrogens (tertiary/aromatic N) is 4. The molecule has 0 bridgehead atoms. The molecule has 0 fully saturated rings. The number of likely N-dealkylation sites (N-methyl/N-ethyl adjacent to an activating group) is 2. The van der Waals surface area contributed by atoms with Crippen molar-refractivity contribution in [1.82, 2.24) is 0 Å². The molecular formula is C22H26Cl2N4O6. The first kappa shape index (κ1) is 30.8. The smallest absolute Gasteiger partial charge is 0.338 e. The van der Waals surface area contributed by atoms with E-state index in [1.165, 1.54) is 12.1 Å². The Kier molecular flexibility index (Phi) is 11.2. The zero-order valence-corrected chi connectivity index (χ0v) is 20.7. The lowest BCUT2D eigenvalue weighted by atomic mass is 10.1. The average molecular weight is 513 g/mol. The fourth-order valence-corrected chi connectivity index (χ4v) is 3.20. The Morgan fingerprint density at radius 3 is 1.29 bits per heavy atom. The minimum Gasteiger partial charge on any atom is -1.00 e. The number of hydrogen-bond acceptors (Lipinski definition) is 6. The van der Waals surface area contributed by atoms with Crippen molar-refractivity contribution in [1.29, 1.82) is 0 Å². The standard InChI is InChI=1S/C22H26N4O6.2ClH/c1-25(2,15-17-9-5-7-11-19(17)23(29)30)21(27)13-14-22(28)26(3,4)16-18-10-6-8-12-20(18)24(31)32;;/h5-14H,15-16H2,1-4H3;2*1H/q+2;;/p-2/b14-13+;;. The van der Waals surface area contributed by atoms with Crippen molar-refractivity contribution in [2.45, 2.75) is 13.1 Å². The number of carbonyl (C=O) groups is 2. The summed E-state index contributed by atoms with van der Waals surface area (Å²) in [4.78, 5) is 47.0. The normalized spacial score (nSPS) is 11.3. The second kappa shape index (κ2) is 12.3. The van der Waals surface area contributed by atoms with Gasteiger partial charge in [-0.25, -0.2) is 9.59 Å². The molecule has 10 nitrogen and oxygen atoms in total. The summed E-state index contributed by atoms with van der Waals surface area (Å²) in [6.07, 6.45) is 2.30. The maximum atomic E-state index is 12.8. The van der Waals surface area contributed by atoms with E-state index in [4.69, 9.17) is 0 Å². The molecule has 2 amide bonds. The van der Waals surface area contributed by atoms with E-state index in [1.807, 2.05) is 0 Å². The van der Waals surface area contributed by atoms with Crippen molar-refractivity contribution in [2.75, 3.05) is 28.2 Å². The van der Waals surface area contributed by atoms with Crippen LogP contribution in [0.1, 0.15) is 11.1 Å². The highest BCUT2D eigenvalue weighted by Crippen LogP contribution is 2.23. The third-order valence-corrected chi connectivity index (χ3v) is 5.07. The van der Waals surface area contributed by atoms with Gasteiger partial charge in [0, 0.05) is 12.1 Å². The molecule has 2 rings (SSSR count). The molecule has 0 aliphatic heterocycles.